The van der Waals surface area contributed by atoms with Crippen molar-refractivity contribution < 1.29 is 4.79 Å². The molecule has 3 nitrogen and oxygen atoms in total. The van der Waals surface area contributed by atoms with Crippen molar-refractivity contribution in [2.45, 2.75) is 44.3 Å². The van der Waals surface area contributed by atoms with Crippen molar-refractivity contribution in [3.8, 4) is 0 Å². The number of likely N-dealkylation sites (tertiary alicyclic amines) is 1. The van der Waals surface area contributed by atoms with E-state index in [0.29, 0.717) is 6.54 Å². The van der Waals surface area contributed by atoms with Crippen LogP contribution in [0.4, 0.5) is 0 Å². The van der Waals surface area contributed by atoms with Gasteiger partial charge in [-0.25, -0.2) is 0 Å². The third-order valence-corrected chi connectivity index (χ3v) is 6.53. The van der Waals surface area contributed by atoms with Crippen molar-refractivity contribution in [2.75, 3.05) is 6.54 Å². The lowest BCUT2D eigenvalue weighted by molar-refractivity contribution is -0.136. The number of rotatable bonds is 2. The topological polar surface area (TPSA) is 32.3 Å². The Balaban J connectivity index is 1.69. The van der Waals surface area contributed by atoms with Gasteiger partial charge in [-0.15, -0.1) is 11.3 Å². The largest absolute Gasteiger partial charge is 0.350 e. The van der Waals surface area contributed by atoms with Crippen LogP contribution in [0.25, 0.3) is 0 Å². The van der Waals surface area contributed by atoms with Crippen molar-refractivity contribution >= 4 is 28.8 Å². The molecule has 0 saturated carbocycles. The smallest absolute Gasteiger partial charge is 0.241 e. The predicted molar refractivity (Wildman–Crippen MR) is 98.3 cm³/mol. The molecule has 4 rings (SSSR count). The van der Waals surface area contributed by atoms with Gasteiger partial charge in [-0.3, -0.25) is 9.69 Å². The van der Waals surface area contributed by atoms with Crippen molar-refractivity contribution in [3.63, 3.8) is 0 Å². The van der Waals surface area contributed by atoms with E-state index in [9.17, 15) is 4.79 Å². The molecule has 1 N–H and O–H groups in total. The Kier molecular flexibility index (Phi) is 4.37. The number of carbonyl (C=O) groups excluding carboxylic acids is 1. The van der Waals surface area contributed by atoms with E-state index in [1.807, 2.05) is 6.07 Å². The fourth-order valence-corrected chi connectivity index (χ4v) is 5.15. The number of nitrogens with zero attached hydrogens (tertiary/aromatic N) is 1. The van der Waals surface area contributed by atoms with Crippen molar-refractivity contribution in [2.24, 2.45) is 0 Å². The molecule has 1 fully saturated rings. The maximum absolute atomic E-state index is 13.1. The van der Waals surface area contributed by atoms with E-state index in [-0.39, 0.29) is 5.91 Å². The quantitative estimate of drug-likeness (QED) is 0.877. The molecule has 1 spiro atoms. The molecular formula is C19H21ClN2OS. The first-order chi connectivity index (χ1) is 11.7. The van der Waals surface area contributed by atoms with E-state index >= 15 is 0 Å². The number of hydrogen-bond acceptors (Lipinski definition) is 3. The lowest BCUT2D eigenvalue weighted by Gasteiger charge is -2.45. The van der Waals surface area contributed by atoms with Crippen LogP contribution < -0.4 is 5.32 Å². The van der Waals surface area contributed by atoms with Crippen molar-refractivity contribution in [1.82, 2.24) is 10.2 Å². The summed E-state index contributed by atoms with van der Waals surface area (Å²) < 4.78 is 0.812. The second-order valence-corrected chi connectivity index (χ2v) is 8.54. The molecule has 1 aromatic carbocycles. The SMILES string of the molecule is O=C1NCc2ccccc2CC12CCCCN2Cc1ccc(Cl)s1. The summed E-state index contributed by atoms with van der Waals surface area (Å²) in [5.74, 6) is 0.182. The highest BCUT2D eigenvalue weighted by Gasteiger charge is 2.46. The summed E-state index contributed by atoms with van der Waals surface area (Å²) >= 11 is 7.71. The van der Waals surface area contributed by atoms with E-state index < -0.39 is 5.54 Å². The van der Waals surface area contributed by atoms with E-state index in [4.69, 9.17) is 11.6 Å². The highest BCUT2D eigenvalue weighted by Crippen LogP contribution is 2.36. The summed E-state index contributed by atoms with van der Waals surface area (Å²) in [6.07, 6.45) is 3.98. The zero-order valence-corrected chi connectivity index (χ0v) is 15.1. The first-order valence-electron chi connectivity index (χ1n) is 8.52. The number of piperidine rings is 1. The maximum atomic E-state index is 13.1. The Hall–Kier alpha value is -1.36. The number of carbonyl (C=O) groups is 1. The molecule has 1 amide bonds. The van der Waals surface area contributed by atoms with Gasteiger partial charge in [-0.1, -0.05) is 35.9 Å². The summed E-state index contributed by atoms with van der Waals surface area (Å²) in [7, 11) is 0. The monoisotopic (exact) mass is 360 g/mol. The fraction of sp³-hybridized carbons (Fsp3) is 0.421. The Labute approximate surface area is 151 Å². The number of fused-ring (bicyclic) bond motifs is 1. The second kappa shape index (κ2) is 6.51. The van der Waals surface area contributed by atoms with E-state index in [0.717, 1.165) is 43.1 Å². The standard InChI is InChI=1S/C19H21ClN2OS/c20-17-8-7-16(24-17)13-22-10-4-3-9-19(22)11-14-5-1-2-6-15(14)12-21-18(19)23/h1-2,5-8H,3-4,9-13H2,(H,21,23). The van der Waals surface area contributed by atoms with Gasteiger partial charge in [0.1, 0.15) is 5.54 Å². The number of amides is 1. The number of hydrogen-bond donors (Lipinski definition) is 1. The number of thiophene rings is 1. The normalized spacial score (nSPS) is 24.5. The molecule has 1 unspecified atom stereocenters. The van der Waals surface area contributed by atoms with Gasteiger partial charge < -0.3 is 5.32 Å². The molecule has 0 radical (unpaired) electrons. The van der Waals surface area contributed by atoms with Gasteiger partial charge in [0.05, 0.1) is 4.34 Å². The number of benzene rings is 1. The average molecular weight is 361 g/mol. The minimum absolute atomic E-state index is 0.182. The van der Waals surface area contributed by atoms with Crippen molar-refractivity contribution in [1.29, 1.82) is 0 Å². The number of halogens is 1. The Morgan fingerprint density at radius 2 is 2.00 bits per heavy atom. The lowest BCUT2D eigenvalue weighted by Crippen LogP contribution is -2.60. The molecule has 2 aromatic rings. The molecule has 1 aromatic heterocycles. The highest BCUT2D eigenvalue weighted by atomic mass is 35.5. The van der Waals surface area contributed by atoms with Crippen LogP contribution in [0.1, 0.15) is 35.3 Å². The van der Waals surface area contributed by atoms with Crippen LogP contribution in [0.2, 0.25) is 4.34 Å². The molecule has 0 aliphatic carbocycles. The molecule has 2 aliphatic rings. The van der Waals surface area contributed by atoms with Gasteiger partial charge in [-0.2, -0.15) is 0 Å². The van der Waals surface area contributed by atoms with Crippen LogP contribution in [0.5, 0.6) is 0 Å². The van der Waals surface area contributed by atoms with Crippen molar-refractivity contribution in [3.05, 3.63) is 56.7 Å². The van der Waals surface area contributed by atoms with E-state index in [1.165, 1.54) is 16.0 Å². The zero-order valence-electron chi connectivity index (χ0n) is 13.6. The van der Waals surface area contributed by atoms with Crippen LogP contribution in [-0.4, -0.2) is 22.9 Å². The van der Waals surface area contributed by atoms with Crippen LogP contribution in [-0.2, 0) is 24.3 Å². The first kappa shape index (κ1) is 16.1. The average Bonchev–Trinajstić information content (AvgIpc) is 2.94. The third-order valence-electron chi connectivity index (χ3n) is 5.31. The van der Waals surface area contributed by atoms with E-state index in [1.54, 1.807) is 11.3 Å². The molecule has 5 heteroatoms. The Bertz CT molecular complexity index is 759. The van der Waals surface area contributed by atoms with E-state index in [2.05, 4.69) is 40.5 Å². The van der Waals surface area contributed by atoms with Crippen LogP contribution in [0.15, 0.2) is 36.4 Å². The predicted octanol–water partition coefficient (Wildman–Crippen LogP) is 4.00. The first-order valence-corrected chi connectivity index (χ1v) is 9.71. The highest BCUT2D eigenvalue weighted by molar-refractivity contribution is 7.16. The molecule has 24 heavy (non-hydrogen) atoms. The molecule has 2 aliphatic heterocycles. The molecule has 0 bridgehead atoms. The molecular weight excluding hydrogens is 340 g/mol. The molecule has 3 heterocycles. The summed E-state index contributed by atoms with van der Waals surface area (Å²) in [4.78, 5) is 16.7. The summed E-state index contributed by atoms with van der Waals surface area (Å²) in [6.45, 7) is 2.40. The molecule has 1 atom stereocenters. The van der Waals surface area contributed by atoms with Gasteiger partial charge in [0.25, 0.3) is 0 Å². The Morgan fingerprint density at radius 1 is 1.17 bits per heavy atom. The van der Waals surface area contributed by atoms with Gasteiger partial charge in [0, 0.05) is 24.4 Å². The summed E-state index contributed by atoms with van der Waals surface area (Å²) in [6, 6.07) is 12.5. The van der Waals surface area contributed by atoms with Crippen LogP contribution in [0, 0.1) is 0 Å². The summed E-state index contributed by atoms with van der Waals surface area (Å²) in [5.41, 5.74) is 2.11. The minimum Gasteiger partial charge on any atom is -0.350 e. The molecule has 126 valence electrons. The molecule has 1 saturated heterocycles. The van der Waals surface area contributed by atoms with Gasteiger partial charge >= 0.3 is 0 Å². The Morgan fingerprint density at radius 3 is 2.79 bits per heavy atom. The fourth-order valence-electron chi connectivity index (χ4n) is 4.04. The number of nitrogens with one attached hydrogen (secondary N) is 1. The van der Waals surface area contributed by atoms with Crippen LogP contribution >= 0.6 is 22.9 Å². The maximum Gasteiger partial charge on any atom is 0.241 e. The second-order valence-electron chi connectivity index (χ2n) is 6.74. The summed E-state index contributed by atoms with van der Waals surface area (Å²) in [5, 5.41) is 3.18. The van der Waals surface area contributed by atoms with Gasteiger partial charge in [0.15, 0.2) is 0 Å². The minimum atomic E-state index is -0.429. The van der Waals surface area contributed by atoms with Gasteiger partial charge in [-0.05, 0) is 49.1 Å². The van der Waals surface area contributed by atoms with Gasteiger partial charge in [0.2, 0.25) is 5.91 Å². The lowest BCUT2D eigenvalue weighted by atomic mass is 9.80. The third kappa shape index (κ3) is 2.87. The van der Waals surface area contributed by atoms with Crippen LogP contribution in [0.3, 0.4) is 0 Å². The zero-order chi connectivity index (χ0) is 16.6.